The minimum atomic E-state index is -0.173. The summed E-state index contributed by atoms with van der Waals surface area (Å²) in [4.78, 5) is 32.3. The number of aromatic nitrogens is 2. The van der Waals surface area contributed by atoms with E-state index in [2.05, 4.69) is 44.0 Å². The van der Waals surface area contributed by atoms with Gasteiger partial charge in [-0.3, -0.25) is 14.2 Å². The molecule has 1 amide bonds. The summed E-state index contributed by atoms with van der Waals surface area (Å²) in [5, 5.41) is 0.737. The Balaban J connectivity index is 1.53. The topological polar surface area (TPSA) is 55.2 Å². The summed E-state index contributed by atoms with van der Waals surface area (Å²) in [5.41, 5.74) is 3.15. The van der Waals surface area contributed by atoms with Gasteiger partial charge in [0.25, 0.3) is 5.56 Å². The van der Waals surface area contributed by atoms with Crippen molar-refractivity contribution < 1.29 is 4.79 Å². The highest BCUT2D eigenvalue weighted by Crippen LogP contribution is 2.30. The van der Waals surface area contributed by atoms with Crippen LogP contribution in [0.15, 0.2) is 40.3 Å². The van der Waals surface area contributed by atoms with Crippen LogP contribution < -0.4 is 5.56 Å². The summed E-state index contributed by atoms with van der Waals surface area (Å²) in [7, 11) is 0. The van der Waals surface area contributed by atoms with Crippen LogP contribution in [0, 0.1) is 5.92 Å². The SMILES string of the molecule is CC(C)(C)c1cc(=O)n2c(n1)SC[C@H](C(=O)N1CCc3ccccc3C1)C2. The molecule has 0 saturated carbocycles. The average molecular weight is 384 g/mol. The van der Waals surface area contributed by atoms with Crippen molar-refractivity contribution in [2.24, 2.45) is 5.92 Å². The van der Waals surface area contributed by atoms with Crippen LogP contribution in [0.5, 0.6) is 0 Å². The van der Waals surface area contributed by atoms with Crippen molar-refractivity contribution >= 4 is 17.7 Å². The summed E-state index contributed by atoms with van der Waals surface area (Å²) in [6.45, 7) is 8.01. The molecule has 2 aliphatic rings. The maximum Gasteiger partial charge on any atom is 0.254 e. The van der Waals surface area contributed by atoms with E-state index in [1.165, 1.54) is 22.9 Å². The monoisotopic (exact) mass is 383 g/mol. The summed E-state index contributed by atoms with van der Waals surface area (Å²) in [6, 6.07) is 9.94. The van der Waals surface area contributed by atoms with Crippen molar-refractivity contribution in [1.29, 1.82) is 0 Å². The summed E-state index contributed by atoms with van der Waals surface area (Å²) in [5.74, 6) is 0.652. The van der Waals surface area contributed by atoms with Gasteiger partial charge in [0.2, 0.25) is 5.91 Å². The average Bonchev–Trinajstić information content (AvgIpc) is 2.66. The highest BCUT2D eigenvalue weighted by Gasteiger charge is 2.32. The molecule has 6 heteroatoms. The number of benzene rings is 1. The predicted octanol–water partition coefficient (Wildman–Crippen LogP) is 2.85. The zero-order chi connectivity index (χ0) is 19.2. The molecule has 142 valence electrons. The van der Waals surface area contributed by atoms with Crippen LogP contribution in [0.2, 0.25) is 0 Å². The summed E-state index contributed by atoms with van der Waals surface area (Å²) >= 11 is 1.52. The maximum atomic E-state index is 13.1. The number of rotatable bonds is 1. The quantitative estimate of drug-likeness (QED) is 0.711. The molecule has 5 nitrogen and oxygen atoms in total. The lowest BCUT2D eigenvalue weighted by Gasteiger charge is -2.33. The molecule has 4 rings (SSSR count). The largest absolute Gasteiger partial charge is 0.338 e. The number of fused-ring (bicyclic) bond motifs is 2. The van der Waals surface area contributed by atoms with Gasteiger partial charge >= 0.3 is 0 Å². The van der Waals surface area contributed by atoms with Crippen molar-refractivity contribution in [2.75, 3.05) is 12.3 Å². The molecule has 0 radical (unpaired) electrons. The van der Waals surface area contributed by atoms with E-state index in [0.717, 1.165) is 23.8 Å². The zero-order valence-corrected chi connectivity index (χ0v) is 16.9. The zero-order valence-electron chi connectivity index (χ0n) is 16.1. The molecule has 0 bridgehead atoms. The lowest BCUT2D eigenvalue weighted by molar-refractivity contribution is -0.136. The lowest BCUT2D eigenvalue weighted by atomic mass is 9.92. The number of hydrogen-bond donors (Lipinski definition) is 0. The van der Waals surface area contributed by atoms with Crippen LogP contribution in [0.25, 0.3) is 0 Å². The Morgan fingerprint density at radius 2 is 1.96 bits per heavy atom. The van der Waals surface area contributed by atoms with Crippen molar-refractivity contribution in [3.63, 3.8) is 0 Å². The molecule has 0 fully saturated rings. The smallest absolute Gasteiger partial charge is 0.254 e. The molecule has 0 spiro atoms. The second kappa shape index (κ2) is 6.82. The third kappa shape index (κ3) is 3.55. The molecule has 0 unspecified atom stereocenters. The highest BCUT2D eigenvalue weighted by molar-refractivity contribution is 7.99. The van der Waals surface area contributed by atoms with E-state index in [-0.39, 0.29) is 22.8 Å². The number of carbonyl (C=O) groups is 1. The van der Waals surface area contributed by atoms with E-state index in [4.69, 9.17) is 0 Å². The van der Waals surface area contributed by atoms with E-state index in [0.29, 0.717) is 18.8 Å². The summed E-state index contributed by atoms with van der Waals surface area (Å²) in [6.07, 6.45) is 0.898. The van der Waals surface area contributed by atoms with Gasteiger partial charge in [-0.1, -0.05) is 56.8 Å². The fourth-order valence-corrected chi connectivity index (χ4v) is 4.77. The van der Waals surface area contributed by atoms with E-state index in [1.807, 2.05) is 11.0 Å². The molecule has 1 aromatic heterocycles. The molecule has 27 heavy (non-hydrogen) atoms. The molecule has 2 aliphatic heterocycles. The number of thioether (sulfide) groups is 1. The van der Waals surface area contributed by atoms with Crippen molar-refractivity contribution in [3.05, 3.63) is 57.5 Å². The molecular weight excluding hydrogens is 358 g/mol. The Hall–Kier alpha value is -2.08. The number of nitrogens with zero attached hydrogens (tertiary/aromatic N) is 3. The Bertz CT molecular complexity index is 945. The third-order valence-electron chi connectivity index (χ3n) is 5.35. The van der Waals surface area contributed by atoms with Gasteiger partial charge in [-0.25, -0.2) is 4.98 Å². The Kier molecular flexibility index (Phi) is 4.62. The Labute approximate surface area is 163 Å². The number of amides is 1. The van der Waals surface area contributed by atoms with Crippen molar-refractivity contribution in [2.45, 2.75) is 50.9 Å². The first-order valence-electron chi connectivity index (χ1n) is 9.43. The van der Waals surface area contributed by atoms with Crippen LogP contribution in [-0.4, -0.2) is 32.7 Å². The van der Waals surface area contributed by atoms with Crippen LogP contribution in [0.1, 0.15) is 37.6 Å². The van der Waals surface area contributed by atoms with Crippen LogP contribution >= 0.6 is 11.8 Å². The van der Waals surface area contributed by atoms with E-state index >= 15 is 0 Å². The molecule has 2 aromatic rings. The molecule has 0 saturated heterocycles. The van der Waals surface area contributed by atoms with Gasteiger partial charge in [0.15, 0.2) is 5.16 Å². The van der Waals surface area contributed by atoms with Gasteiger partial charge in [-0.15, -0.1) is 0 Å². The minimum Gasteiger partial charge on any atom is -0.338 e. The first-order valence-corrected chi connectivity index (χ1v) is 10.4. The molecule has 0 aliphatic carbocycles. The van der Waals surface area contributed by atoms with E-state index in [1.54, 1.807) is 10.6 Å². The fourth-order valence-electron chi connectivity index (χ4n) is 3.69. The van der Waals surface area contributed by atoms with Crippen molar-refractivity contribution in [1.82, 2.24) is 14.5 Å². The molecule has 0 N–H and O–H groups in total. The number of carbonyl (C=O) groups excluding carboxylic acids is 1. The number of hydrogen-bond acceptors (Lipinski definition) is 4. The molecule has 1 atom stereocenters. The highest BCUT2D eigenvalue weighted by atomic mass is 32.2. The van der Waals surface area contributed by atoms with Crippen LogP contribution in [0.3, 0.4) is 0 Å². The first kappa shape index (κ1) is 18.3. The standard InChI is InChI=1S/C21H25N3O2S/c1-21(2,3)17-10-18(25)24-12-16(13-27-20(24)22-17)19(26)23-9-8-14-6-4-5-7-15(14)11-23/h4-7,10,16H,8-9,11-13H2,1-3H3/t16-/m1/s1. The second-order valence-electron chi connectivity index (χ2n) is 8.41. The second-order valence-corrected chi connectivity index (χ2v) is 9.40. The molecule has 3 heterocycles. The Morgan fingerprint density at radius 3 is 2.70 bits per heavy atom. The van der Waals surface area contributed by atoms with Crippen molar-refractivity contribution in [3.8, 4) is 0 Å². The predicted molar refractivity (Wildman–Crippen MR) is 107 cm³/mol. The minimum absolute atomic E-state index is 0.0566. The van der Waals surface area contributed by atoms with Gasteiger partial charge in [0.05, 0.1) is 11.6 Å². The van der Waals surface area contributed by atoms with E-state index < -0.39 is 0 Å². The first-order chi connectivity index (χ1) is 12.8. The molecular formula is C21H25N3O2S. The van der Waals surface area contributed by atoms with Gasteiger partial charge in [-0.2, -0.15) is 0 Å². The normalized spacial score (nSPS) is 19.4. The van der Waals surface area contributed by atoms with E-state index in [9.17, 15) is 9.59 Å². The third-order valence-corrected chi connectivity index (χ3v) is 6.49. The van der Waals surface area contributed by atoms with Gasteiger partial charge in [-0.05, 0) is 17.5 Å². The van der Waals surface area contributed by atoms with Gasteiger partial charge in [0.1, 0.15) is 0 Å². The molecule has 1 aromatic carbocycles. The maximum absolute atomic E-state index is 13.1. The summed E-state index contributed by atoms with van der Waals surface area (Å²) < 4.78 is 1.67. The Morgan fingerprint density at radius 1 is 1.22 bits per heavy atom. The lowest BCUT2D eigenvalue weighted by Crippen LogP contribution is -2.44. The van der Waals surface area contributed by atoms with Crippen LogP contribution in [0.4, 0.5) is 0 Å². The van der Waals surface area contributed by atoms with Gasteiger partial charge in [0, 0.05) is 36.9 Å². The van der Waals surface area contributed by atoms with Gasteiger partial charge < -0.3 is 4.90 Å². The van der Waals surface area contributed by atoms with Crippen LogP contribution in [-0.2, 0) is 29.7 Å². The fraction of sp³-hybridized carbons (Fsp3) is 0.476.